The highest BCUT2D eigenvalue weighted by atomic mass is 16.1. The van der Waals surface area contributed by atoms with Gasteiger partial charge in [-0.15, -0.1) is 0 Å². The van der Waals surface area contributed by atoms with Crippen molar-refractivity contribution in [2.24, 2.45) is 11.7 Å². The van der Waals surface area contributed by atoms with Gasteiger partial charge in [0.15, 0.2) is 0 Å². The minimum absolute atomic E-state index is 0.130. The first-order valence-corrected chi connectivity index (χ1v) is 6.27. The van der Waals surface area contributed by atoms with Crippen molar-refractivity contribution in [2.45, 2.75) is 57.9 Å². The average Bonchev–Trinajstić information content (AvgIpc) is 2.11. The maximum Gasteiger partial charge on any atom is 0.221 e. The lowest BCUT2D eigenvalue weighted by atomic mass is 9.78. The number of amides is 1. The van der Waals surface area contributed by atoms with Crippen LogP contribution < -0.4 is 11.1 Å². The first-order chi connectivity index (χ1) is 7.27. The average molecular weight is 212 g/mol. The fourth-order valence-corrected chi connectivity index (χ4v) is 2.10. The van der Waals surface area contributed by atoms with E-state index in [1.165, 1.54) is 32.1 Å². The van der Waals surface area contributed by atoms with Gasteiger partial charge in [-0.3, -0.25) is 4.79 Å². The van der Waals surface area contributed by atoms with Gasteiger partial charge in [-0.05, 0) is 25.2 Å². The molecule has 0 aromatic heterocycles. The van der Waals surface area contributed by atoms with E-state index in [2.05, 4.69) is 12.2 Å². The zero-order valence-electron chi connectivity index (χ0n) is 9.80. The topological polar surface area (TPSA) is 55.1 Å². The molecule has 0 bridgehead atoms. The molecule has 0 aliphatic heterocycles. The lowest BCUT2D eigenvalue weighted by molar-refractivity contribution is -0.122. The van der Waals surface area contributed by atoms with Crippen molar-refractivity contribution < 1.29 is 4.79 Å². The maximum absolute atomic E-state index is 11.5. The molecule has 3 nitrogen and oxygen atoms in total. The minimum atomic E-state index is 0.130. The lowest BCUT2D eigenvalue weighted by Crippen LogP contribution is -2.43. The zero-order valence-corrected chi connectivity index (χ0v) is 9.80. The Hall–Kier alpha value is -0.570. The van der Waals surface area contributed by atoms with Crippen molar-refractivity contribution in [1.82, 2.24) is 5.32 Å². The highest BCUT2D eigenvalue weighted by molar-refractivity contribution is 5.76. The van der Waals surface area contributed by atoms with E-state index in [0.29, 0.717) is 19.0 Å². The second-order valence-corrected chi connectivity index (χ2v) is 4.55. The molecule has 0 spiro atoms. The van der Waals surface area contributed by atoms with Gasteiger partial charge >= 0.3 is 0 Å². The Balaban J connectivity index is 2.30. The first kappa shape index (κ1) is 12.5. The third kappa shape index (κ3) is 4.20. The van der Waals surface area contributed by atoms with Gasteiger partial charge in [0.1, 0.15) is 0 Å². The molecule has 15 heavy (non-hydrogen) atoms. The fraction of sp³-hybridized carbons (Fsp3) is 0.917. The summed E-state index contributed by atoms with van der Waals surface area (Å²) < 4.78 is 0. The molecular formula is C12H24N2O. The molecule has 0 radical (unpaired) electrons. The van der Waals surface area contributed by atoms with Crippen LogP contribution in [0.2, 0.25) is 0 Å². The Kier molecular flexibility index (Phi) is 5.69. The number of nitrogens with one attached hydrogen (secondary N) is 1. The summed E-state index contributed by atoms with van der Waals surface area (Å²) in [6.07, 6.45) is 7.93. The molecule has 1 saturated carbocycles. The quantitative estimate of drug-likeness (QED) is 0.676. The highest BCUT2D eigenvalue weighted by Gasteiger charge is 2.27. The molecule has 1 rings (SSSR count). The van der Waals surface area contributed by atoms with Crippen LogP contribution >= 0.6 is 0 Å². The van der Waals surface area contributed by atoms with Crippen LogP contribution in [-0.2, 0) is 4.79 Å². The van der Waals surface area contributed by atoms with Crippen molar-refractivity contribution in [3.8, 4) is 0 Å². The largest absolute Gasteiger partial charge is 0.353 e. The van der Waals surface area contributed by atoms with E-state index in [0.717, 1.165) is 12.3 Å². The molecule has 1 atom stereocenters. The van der Waals surface area contributed by atoms with Gasteiger partial charge in [-0.1, -0.05) is 26.2 Å². The Morgan fingerprint density at radius 3 is 2.73 bits per heavy atom. The smallest absolute Gasteiger partial charge is 0.221 e. The van der Waals surface area contributed by atoms with Crippen LogP contribution in [0.4, 0.5) is 0 Å². The van der Waals surface area contributed by atoms with E-state index in [1.807, 2.05) is 0 Å². The predicted molar refractivity (Wildman–Crippen MR) is 62.5 cm³/mol. The second kappa shape index (κ2) is 6.83. The van der Waals surface area contributed by atoms with Gasteiger partial charge in [-0.25, -0.2) is 0 Å². The number of nitrogens with two attached hydrogens (primary N) is 1. The molecule has 1 fully saturated rings. The van der Waals surface area contributed by atoms with Gasteiger partial charge in [0, 0.05) is 19.0 Å². The number of unbranched alkanes of at least 4 members (excludes halogenated alkanes) is 1. The Bertz CT molecular complexity index is 190. The Labute approximate surface area is 92.8 Å². The van der Waals surface area contributed by atoms with Crippen LogP contribution in [0.25, 0.3) is 0 Å². The number of hydrogen-bond donors (Lipinski definition) is 2. The van der Waals surface area contributed by atoms with Crippen LogP contribution in [-0.4, -0.2) is 18.5 Å². The van der Waals surface area contributed by atoms with Crippen molar-refractivity contribution in [3.63, 3.8) is 0 Å². The van der Waals surface area contributed by atoms with Crippen LogP contribution in [0.5, 0.6) is 0 Å². The molecule has 1 aliphatic rings. The van der Waals surface area contributed by atoms with Gasteiger partial charge < -0.3 is 11.1 Å². The Morgan fingerprint density at radius 1 is 1.53 bits per heavy atom. The molecule has 0 aromatic rings. The number of carbonyl (C=O) groups is 1. The van der Waals surface area contributed by atoms with Crippen LogP contribution in [0.3, 0.4) is 0 Å². The van der Waals surface area contributed by atoms with Gasteiger partial charge in [0.25, 0.3) is 0 Å². The van der Waals surface area contributed by atoms with Crippen LogP contribution in [0.1, 0.15) is 51.9 Å². The van der Waals surface area contributed by atoms with Crippen molar-refractivity contribution in [1.29, 1.82) is 0 Å². The van der Waals surface area contributed by atoms with Crippen molar-refractivity contribution in [3.05, 3.63) is 0 Å². The zero-order chi connectivity index (χ0) is 11.1. The van der Waals surface area contributed by atoms with E-state index < -0.39 is 0 Å². The number of rotatable bonds is 7. The molecular weight excluding hydrogens is 188 g/mol. The maximum atomic E-state index is 11.5. The minimum Gasteiger partial charge on any atom is -0.353 e. The Morgan fingerprint density at radius 2 is 2.27 bits per heavy atom. The molecule has 0 unspecified atom stereocenters. The van der Waals surface area contributed by atoms with Crippen molar-refractivity contribution in [2.75, 3.05) is 6.54 Å². The highest BCUT2D eigenvalue weighted by Crippen LogP contribution is 2.31. The molecule has 1 aliphatic carbocycles. The van der Waals surface area contributed by atoms with Crippen LogP contribution in [0, 0.1) is 5.92 Å². The van der Waals surface area contributed by atoms with E-state index in [-0.39, 0.29) is 5.91 Å². The molecule has 3 heteroatoms. The molecule has 1 amide bonds. The summed E-state index contributed by atoms with van der Waals surface area (Å²) >= 11 is 0. The van der Waals surface area contributed by atoms with Crippen molar-refractivity contribution >= 4 is 5.91 Å². The number of hydrogen-bond acceptors (Lipinski definition) is 2. The molecule has 0 aromatic carbocycles. The second-order valence-electron chi connectivity index (χ2n) is 4.55. The summed E-state index contributed by atoms with van der Waals surface area (Å²) in [6, 6.07) is 0.415. The van der Waals surface area contributed by atoms with E-state index in [4.69, 9.17) is 5.73 Å². The summed E-state index contributed by atoms with van der Waals surface area (Å²) in [5.41, 5.74) is 5.37. The van der Waals surface area contributed by atoms with Gasteiger partial charge in [0.2, 0.25) is 5.91 Å². The summed E-state index contributed by atoms with van der Waals surface area (Å²) in [5.74, 6) is 0.865. The molecule has 3 N–H and O–H groups in total. The molecule has 0 saturated heterocycles. The standard InChI is InChI=1S/C12H24N2O/c1-2-3-7-11(10-5-4-6-10)14-12(15)8-9-13/h10-11H,2-9,13H2,1H3,(H,14,15)/t11-/m0/s1. The van der Waals surface area contributed by atoms with E-state index in [1.54, 1.807) is 0 Å². The third-order valence-corrected chi connectivity index (χ3v) is 3.31. The normalized spacial score (nSPS) is 18.3. The third-order valence-electron chi connectivity index (χ3n) is 3.31. The summed E-state index contributed by atoms with van der Waals surface area (Å²) in [7, 11) is 0. The summed E-state index contributed by atoms with van der Waals surface area (Å²) in [5, 5.41) is 3.14. The van der Waals surface area contributed by atoms with E-state index in [9.17, 15) is 4.79 Å². The molecule has 88 valence electrons. The SMILES string of the molecule is CCCC[C@H](NC(=O)CCN)C1CCC1. The van der Waals surface area contributed by atoms with E-state index >= 15 is 0 Å². The summed E-state index contributed by atoms with van der Waals surface area (Å²) in [6.45, 7) is 2.65. The van der Waals surface area contributed by atoms with Gasteiger partial charge in [0.05, 0.1) is 0 Å². The monoisotopic (exact) mass is 212 g/mol. The fourth-order valence-electron chi connectivity index (χ4n) is 2.10. The predicted octanol–water partition coefficient (Wildman–Crippen LogP) is 1.81. The summed E-state index contributed by atoms with van der Waals surface area (Å²) in [4.78, 5) is 11.5. The lowest BCUT2D eigenvalue weighted by Gasteiger charge is -2.34. The van der Waals surface area contributed by atoms with Gasteiger partial charge in [-0.2, -0.15) is 0 Å². The number of carbonyl (C=O) groups excluding carboxylic acids is 1. The first-order valence-electron chi connectivity index (χ1n) is 6.27. The molecule has 0 heterocycles. The van der Waals surface area contributed by atoms with Crippen LogP contribution in [0.15, 0.2) is 0 Å².